The highest BCUT2D eigenvalue weighted by Crippen LogP contribution is 2.34. The van der Waals surface area contributed by atoms with Crippen LogP contribution in [0.5, 0.6) is 0 Å². The van der Waals surface area contributed by atoms with Gasteiger partial charge in [-0.15, -0.1) is 11.3 Å². The van der Waals surface area contributed by atoms with E-state index < -0.39 is 0 Å². The van der Waals surface area contributed by atoms with Crippen molar-refractivity contribution in [1.29, 1.82) is 0 Å². The van der Waals surface area contributed by atoms with Crippen molar-refractivity contribution in [1.82, 2.24) is 4.98 Å². The van der Waals surface area contributed by atoms with Crippen molar-refractivity contribution in [3.8, 4) is 11.3 Å². The number of nitrogens with one attached hydrogen (secondary N) is 1. The quantitative estimate of drug-likeness (QED) is 0.467. The molecule has 1 aromatic heterocycles. The number of anilines is 2. The fourth-order valence-corrected chi connectivity index (χ4v) is 4.84. The van der Waals surface area contributed by atoms with Gasteiger partial charge in [-0.05, 0) is 55.3 Å². The van der Waals surface area contributed by atoms with Crippen molar-refractivity contribution >= 4 is 57.2 Å². The smallest absolute Gasteiger partial charge is 0.260 e. The van der Waals surface area contributed by atoms with Crippen LogP contribution in [0, 0.1) is 0 Å². The molecule has 1 saturated heterocycles. The van der Waals surface area contributed by atoms with E-state index in [0.29, 0.717) is 45.3 Å². The van der Waals surface area contributed by atoms with E-state index in [2.05, 4.69) is 5.32 Å². The third kappa shape index (κ3) is 5.30. The van der Waals surface area contributed by atoms with Crippen LogP contribution in [0.2, 0.25) is 10.0 Å². The van der Waals surface area contributed by atoms with Crippen LogP contribution < -0.4 is 10.2 Å². The normalized spacial score (nSPS) is 15.5. The second-order valence-electron chi connectivity index (χ2n) is 7.45. The summed E-state index contributed by atoms with van der Waals surface area (Å²) in [7, 11) is 0. The molecule has 2 amide bonds. The molecule has 4 rings (SSSR count). The number of halogens is 2. The van der Waals surface area contributed by atoms with Crippen LogP contribution in [0.15, 0.2) is 47.8 Å². The highest BCUT2D eigenvalue weighted by Gasteiger charge is 2.27. The zero-order chi connectivity index (χ0) is 22.7. The Morgan fingerprint density at radius 1 is 1.22 bits per heavy atom. The fraction of sp³-hybridized carbons (Fsp3) is 0.261. The van der Waals surface area contributed by atoms with Crippen LogP contribution in [0.25, 0.3) is 11.3 Å². The van der Waals surface area contributed by atoms with Crippen molar-refractivity contribution in [2.24, 2.45) is 0 Å². The highest BCUT2D eigenvalue weighted by molar-refractivity contribution is 7.14. The number of aromatic nitrogens is 1. The Bertz CT molecular complexity index is 1130. The monoisotopic (exact) mass is 489 g/mol. The number of amides is 2. The van der Waals surface area contributed by atoms with E-state index in [1.165, 1.54) is 18.3 Å². The van der Waals surface area contributed by atoms with Gasteiger partial charge >= 0.3 is 0 Å². The minimum Gasteiger partial charge on any atom is -0.376 e. The minimum absolute atomic E-state index is 0.0379. The predicted molar refractivity (Wildman–Crippen MR) is 129 cm³/mol. The Balaban J connectivity index is 1.62. The molecule has 0 bridgehead atoms. The summed E-state index contributed by atoms with van der Waals surface area (Å²) in [5, 5.41) is 6.20. The summed E-state index contributed by atoms with van der Waals surface area (Å²) in [5.74, 6) is -0.349. The molecule has 6 nitrogen and oxygen atoms in total. The molecule has 166 valence electrons. The molecule has 0 spiro atoms. The van der Waals surface area contributed by atoms with E-state index in [9.17, 15) is 9.59 Å². The summed E-state index contributed by atoms with van der Waals surface area (Å²) in [5.41, 5.74) is 2.56. The second-order valence-corrected chi connectivity index (χ2v) is 9.13. The number of hydrogen-bond acceptors (Lipinski definition) is 5. The van der Waals surface area contributed by atoms with Crippen LogP contribution in [0.4, 0.5) is 10.8 Å². The van der Waals surface area contributed by atoms with Crippen LogP contribution in [0.3, 0.4) is 0 Å². The van der Waals surface area contributed by atoms with Gasteiger partial charge in [0.05, 0.1) is 23.4 Å². The van der Waals surface area contributed by atoms with E-state index in [1.807, 2.05) is 11.4 Å². The number of carbonyl (C=O) groups is 2. The summed E-state index contributed by atoms with van der Waals surface area (Å²) in [4.78, 5) is 31.0. The van der Waals surface area contributed by atoms with E-state index >= 15 is 0 Å². The first kappa shape index (κ1) is 22.7. The SMILES string of the molecule is CC(=O)Nc1ccc(C(=O)N(CC2CCCO2)c2nc(-c3ccc(Cl)cc3Cl)cs2)cc1. The topological polar surface area (TPSA) is 71.5 Å². The minimum atomic E-state index is -0.182. The molecule has 32 heavy (non-hydrogen) atoms. The van der Waals surface area contributed by atoms with Crippen molar-refractivity contribution in [3.05, 3.63) is 63.5 Å². The number of hydrogen-bond donors (Lipinski definition) is 1. The molecule has 1 N–H and O–H groups in total. The first-order valence-electron chi connectivity index (χ1n) is 10.1. The number of thiazole rings is 1. The van der Waals surface area contributed by atoms with Crippen molar-refractivity contribution in [3.63, 3.8) is 0 Å². The van der Waals surface area contributed by atoms with Gasteiger partial charge in [-0.2, -0.15) is 0 Å². The lowest BCUT2D eigenvalue weighted by molar-refractivity contribution is -0.114. The average molecular weight is 490 g/mol. The van der Waals surface area contributed by atoms with Crippen LogP contribution in [-0.2, 0) is 9.53 Å². The van der Waals surface area contributed by atoms with Crippen LogP contribution in [0.1, 0.15) is 30.1 Å². The van der Waals surface area contributed by atoms with Gasteiger partial charge in [0, 0.05) is 40.7 Å². The van der Waals surface area contributed by atoms with E-state index in [4.69, 9.17) is 32.9 Å². The van der Waals surface area contributed by atoms with Crippen molar-refractivity contribution < 1.29 is 14.3 Å². The molecule has 0 saturated carbocycles. The van der Waals surface area contributed by atoms with Crippen LogP contribution in [-0.4, -0.2) is 36.1 Å². The van der Waals surface area contributed by atoms with Gasteiger partial charge in [-0.3, -0.25) is 14.5 Å². The Kier molecular flexibility index (Phi) is 7.10. The maximum atomic E-state index is 13.4. The molecular weight excluding hydrogens is 469 g/mol. The molecule has 1 fully saturated rings. The van der Waals surface area contributed by atoms with Crippen LogP contribution >= 0.6 is 34.5 Å². The number of carbonyl (C=O) groups excluding carboxylic acids is 2. The lowest BCUT2D eigenvalue weighted by Gasteiger charge is -2.23. The van der Waals surface area contributed by atoms with Gasteiger partial charge in [0.15, 0.2) is 5.13 Å². The summed E-state index contributed by atoms with van der Waals surface area (Å²) >= 11 is 13.7. The van der Waals surface area contributed by atoms with E-state index in [0.717, 1.165) is 18.4 Å². The average Bonchev–Trinajstić information content (AvgIpc) is 3.44. The molecule has 0 radical (unpaired) electrons. The predicted octanol–water partition coefficient (Wildman–Crippen LogP) is 5.90. The molecule has 1 unspecified atom stereocenters. The van der Waals surface area contributed by atoms with Crippen molar-refractivity contribution in [2.75, 3.05) is 23.4 Å². The van der Waals surface area contributed by atoms with Gasteiger partial charge < -0.3 is 10.1 Å². The Labute approximate surface area is 200 Å². The molecule has 9 heteroatoms. The van der Waals surface area contributed by atoms with Gasteiger partial charge in [-0.1, -0.05) is 23.2 Å². The zero-order valence-corrected chi connectivity index (χ0v) is 19.6. The molecule has 1 atom stereocenters. The highest BCUT2D eigenvalue weighted by atomic mass is 35.5. The Morgan fingerprint density at radius 2 is 2.00 bits per heavy atom. The first-order chi connectivity index (χ1) is 15.4. The molecule has 2 heterocycles. The first-order valence-corrected chi connectivity index (χ1v) is 11.8. The summed E-state index contributed by atoms with van der Waals surface area (Å²) < 4.78 is 5.78. The summed E-state index contributed by atoms with van der Waals surface area (Å²) in [6.45, 7) is 2.55. The Morgan fingerprint density at radius 3 is 2.66 bits per heavy atom. The largest absolute Gasteiger partial charge is 0.376 e. The number of rotatable bonds is 6. The van der Waals surface area contributed by atoms with Crippen molar-refractivity contribution in [2.45, 2.75) is 25.9 Å². The maximum Gasteiger partial charge on any atom is 0.260 e. The summed E-state index contributed by atoms with van der Waals surface area (Å²) in [6.07, 6.45) is 1.83. The Hall–Kier alpha value is -2.45. The number of benzene rings is 2. The van der Waals surface area contributed by atoms with E-state index in [-0.39, 0.29) is 17.9 Å². The number of ether oxygens (including phenoxy) is 1. The van der Waals surface area contributed by atoms with Gasteiger partial charge in [0.1, 0.15) is 0 Å². The molecule has 1 aliphatic rings. The third-order valence-electron chi connectivity index (χ3n) is 5.04. The van der Waals surface area contributed by atoms with E-state index in [1.54, 1.807) is 41.3 Å². The molecule has 3 aromatic rings. The molecule has 2 aromatic carbocycles. The standard InChI is InChI=1S/C23H21Cl2N3O3S/c1-14(29)26-17-7-4-15(5-8-17)22(30)28(12-18-3-2-10-31-18)23-27-21(13-32-23)19-9-6-16(24)11-20(19)25/h4-9,11,13,18H,2-3,10,12H2,1H3,(H,26,29). The molecule has 0 aliphatic carbocycles. The lowest BCUT2D eigenvalue weighted by Crippen LogP contribution is -2.37. The second kappa shape index (κ2) is 10.0. The van der Waals surface area contributed by atoms with Gasteiger partial charge in [-0.25, -0.2) is 4.98 Å². The summed E-state index contributed by atoms with van der Waals surface area (Å²) in [6, 6.07) is 12.0. The third-order valence-corrected chi connectivity index (χ3v) is 6.45. The van der Waals surface area contributed by atoms with Gasteiger partial charge in [0.2, 0.25) is 5.91 Å². The zero-order valence-electron chi connectivity index (χ0n) is 17.3. The number of nitrogens with zero attached hydrogens (tertiary/aromatic N) is 2. The fourth-order valence-electron chi connectivity index (χ4n) is 3.50. The molecular formula is C23H21Cl2N3O3S. The molecule has 1 aliphatic heterocycles. The van der Waals surface area contributed by atoms with Gasteiger partial charge in [0.25, 0.3) is 5.91 Å². The maximum absolute atomic E-state index is 13.4. The lowest BCUT2D eigenvalue weighted by atomic mass is 10.1.